The molecule has 1 N–H and O–H groups in total. The van der Waals surface area contributed by atoms with Gasteiger partial charge >= 0.3 is 0 Å². The maximum Gasteiger partial charge on any atom is 0.229 e. The minimum absolute atomic E-state index is 0.0957. The van der Waals surface area contributed by atoms with E-state index in [2.05, 4.69) is 10.3 Å². The number of nitrogens with one attached hydrogen (secondary N) is 1. The minimum atomic E-state index is 0.0957. The Morgan fingerprint density at radius 3 is 2.90 bits per heavy atom. The fraction of sp³-hybridized carbons (Fsp3) is 0.375. The highest BCUT2D eigenvalue weighted by Crippen LogP contribution is 2.34. The first-order valence-electron chi connectivity index (χ1n) is 7.09. The molecule has 1 fully saturated rings. The smallest absolute Gasteiger partial charge is 0.229 e. The van der Waals surface area contributed by atoms with Crippen LogP contribution in [0, 0.1) is 12.8 Å². The van der Waals surface area contributed by atoms with Crippen molar-refractivity contribution in [3.63, 3.8) is 0 Å². The summed E-state index contributed by atoms with van der Waals surface area (Å²) in [4.78, 5) is 16.5. The summed E-state index contributed by atoms with van der Waals surface area (Å²) in [5, 5.41) is 5.52. The number of aryl methyl sites for hydroxylation is 1. The Bertz CT molecular complexity index is 662. The molecule has 0 spiro atoms. The molecular weight excluding hydrogens is 284 g/mol. The highest BCUT2D eigenvalue weighted by Gasteiger charge is 2.25. The van der Waals surface area contributed by atoms with Crippen LogP contribution in [0.4, 0.5) is 5.13 Å². The third-order valence-electron chi connectivity index (χ3n) is 3.84. The Hall–Kier alpha value is -1.88. The summed E-state index contributed by atoms with van der Waals surface area (Å²) in [6, 6.07) is 6.00. The van der Waals surface area contributed by atoms with Gasteiger partial charge in [0.05, 0.1) is 12.8 Å². The van der Waals surface area contributed by atoms with Gasteiger partial charge in [0, 0.05) is 16.9 Å². The van der Waals surface area contributed by atoms with Crippen molar-refractivity contribution in [1.82, 2.24) is 4.98 Å². The topological polar surface area (TPSA) is 51.2 Å². The predicted octanol–water partition coefficient (Wildman–Crippen LogP) is 3.87. The molecule has 4 nitrogen and oxygen atoms in total. The van der Waals surface area contributed by atoms with Crippen LogP contribution in [0.5, 0.6) is 5.75 Å². The van der Waals surface area contributed by atoms with Gasteiger partial charge in [-0.3, -0.25) is 4.79 Å². The first kappa shape index (κ1) is 14.1. The number of rotatable bonds is 4. The summed E-state index contributed by atoms with van der Waals surface area (Å²) in [6.07, 6.45) is 3.15. The van der Waals surface area contributed by atoms with Gasteiger partial charge in [0.15, 0.2) is 5.13 Å². The van der Waals surface area contributed by atoms with E-state index in [9.17, 15) is 4.79 Å². The number of benzene rings is 1. The summed E-state index contributed by atoms with van der Waals surface area (Å²) in [5.41, 5.74) is 2.95. The fourth-order valence-corrected chi connectivity index (χ4v) is 3.07. The van der Waals surface area contributed by atoms with Crippen molar-refractivity contribution in [2.24, 2.45) is 5.92 Å². The van der Waals surface area contributed by atoms with Crippen LogP contribution in [-0.4, -0.2) is 18.0 Å². The van der Waals surface area contributed by atoms with E-state index in [4.69, 9.17) is 4.74 Å². The molecule has 1 aliphatic rings. The Morgan fingerprint density at radius 2 is 2.24 bits per heavy atom. The van der Waals surface area contributed by atoms with Crippen molar-refractivity contribution in [3.05, 3.63) is 29.1 Å². The van der Waals surface area contributed by atoms with E-state index in [0.29, 0.717) is 5.13 Å². The lowest BCUT2D eigenvalue weighted by atomic mass is 9.85. The van der Waals surface area contributed by atoms with Crippen molar-refractivity contribution < 1.29 is 9.53 Å². The number of ether oxygens (including phenoxy) is 1. The van der Waals surface area contributed by atoms with E-state index in [1.165, 1.54) is 11.3 Å². The summed E-state index contributed by atoms with van der Waals surface area (Å²) in [7, 11) is 1.65. The molecule has 5 heteroatoms. The zero-order chi connectivity index (χ0) is 14.8. The number of thiazole rings is 1. The molecule has 1 amide bonds. The molecule has 1 aromatic heterocycles. The minimum Gasteiger partial charge on any atom is -0.496 e. The second kappa shape index (κ2) is 5.85. The number of nitrogens with zero attached hydrogens (tertiary/aromatic N) is 1. The lowest BCUT2D eigenvalue weighted by Gasteiger charge is -2.23. The lowest BCUT2D eigenvalue weighted by molar-refractivity contribution is -0.122. The van der Waals surface area contributed by atoms with Crippen LogP contribution in [-0.2, 0) is 4.79 Å². The van der Waals surface area contributed by atoms with Crippen molar-refractivity contribution in [1.29, 1.82) is 0 Å². The molecule has 21 heavy (non-hydrogen) atoms. The Balaban J connectivity index is 1.81. The van der Waals surface area contributed by atoms with Gasteiger partial charge < -0.3 is 10.1 Å². The van der Waals surface area contributed by atoms with Crippen LogP contribution in [0.2, 0.25) is 0 Å². The normalized spacial score (nSPS) is 14.6. The molecule has 1 heterocycles. The number of anilines is 1. The average molecular weight is 302 g/mol. The highest BCUT2D eigenvalue weighted by molar-refractivity contribution is 7.14. The van der Waals surface area contributed by atoms with E-state index in [-0.39, 0.29) is 11.8 Å². The van der Waals surface area contributed by atoms with E-state index < -0.39 is 0 Å². The highest BCUT2D eigenvalue weighted by atomic mass is 32.1. The molecule has 3 rings (SSSR count). The van der Waals surface area contributed by atoms with Crippen molar-refractivity contribution >= 4 is 22.4 Å². The van der Waals surface area contributed by atoms with Crippen molar-refractivity contribution in [3.8, 4) is 17.0 Å². The summed E-state index contributed by atoms with van der Waals surface area (Å²) in [6.45, 7) is 2.04. The van der Waals surface area contributed by atoms with Crippen LogP contribution in [0.25, 0.3) is 11.3 Å². The second-order valence-electron chi connectivity index (χ2n) is 5.36. The third-order valence-corrected chi connectivity index (χ3v) is 4.60. The molecule has 1 aromatic carbocycles. The van der Waals surface area contributed by atoms with Gasteiger partial charge in [-0.15, -0.1) is 11.3 Å². The van der Waals surface area contributed by atoms with E-state index in [1.54, 1.807) is 7.11 Å². The van der Waals surface area contributed by atoms with Crippen molar-refractivity contribution in [2.75, 3.05) is 12.4 Å². The van der Waals surface area contributed by atoms with Crippen LogP contribution in [0.15, 0.2) is 23.6 Å². The second-order valence-corrected chi connectivity index (χ2v) is 6.22. The van der Waals surface area contributed by atoms with Gasteiger partial charge in [0.1, 0.15) is 5.75 Å². The SMILES string of the molecule is COc1ccc(C)cc1-c1csc(NC(=O)C2CCC2)n1. The van der Waals surface area contributed by atoms with Gasteiger partial charge in [-0.05, 0) is 31.9 Å². The number of carbonyl (C=O) groups excluding carboxylic acids is 1. The predicted molar refractivity (Wildman–Crippen MR) is 84.8 cm³/mol. The van der Waals surface area contributed by atoms with Gasteiger partial charge in [-0.1, -0.05) is 18.1 Å². The van der Waals surface area contributed by atoms with Gasteiger partial charge in [0.25, 0.3) is 0 Å². The standard InChI is InChI=1S/C16H18N2O2S/c1-10-6-7-14(20-2)12(8-10)13-9-21-16(17-13)18-15(19)11-4-3-5-11/h6-9,11H,3-5H2,1-2H3,(H,17,18,19). The lowest BCUT2D eigenvalue weighted by Crippen LogP contribution is -2.27. The van der Waals surface area contributed by atoms with Crippen LogP contribution in [0.1, 0.15) is 24.8 Å². The summed E-state index contributed by atoms with van der Waals surface area (Å²) in [5.74, 6) is 1.06. The molecule has 0 bridgehead atoms. The molecule has 110 valence electrons. The van der Waals surface area contributed by atoms with Crippen LogP contribution >= 0.6 is 11.3 Å². The molecule has 1 aliphatic carbocycles. The zero-order valence-electron chi connectivity index (χ0n) is 12.2. The van der Waals surface area contributed by atoms with Crippen LogP contribution < -0.4 is 10.1 Å². The van der Waals surface area contributed by atoms with E-state index in [0.717, 1.165) is 41.8 Å². The van der Waals surface area contributed by atoms with Gasteiger partial charge in [-0.25, -0.2) is 4.98 Å². The maximum atomic E-state index is 11.9. The number of aromatic nitrogens is 1. The fourth-order valence-electron chi connectivity index (χ4n) is 2.35. The zero-order valence-corrected chi connectivity index (χ0v) is 13.0. The van der Waals surface area contributed by atoms with Gasteiger partial charge in [-0.2, -0.15) is 0 Å². The first-order valence-corrected chi connectivity index (χ1v) is 7.97. The van der Waals surface area contributed by atoms with Gasteiger partial charge in [0.2, 0.25) is 5.91 Å². The third kappa shape index (κ3) is 2.93. The molecular formula is C16H18N2O2S. The quantitative estimate of drug-likeness (QED) is 0.933. The molecule has 0 saturated heterocycles. The Kier molecular flexibility index (Phi) is 3.92. The van der Waals surface area contributed by atoms with Crippen molar-refractivity contribution in [2.45, 2.75) is 26.2 Å². The molecule has 0 atom stereocenters. The molecule has 1 saturated carbocycles. The number of carbonyl (C=O) groups is 1. The number of amides is 1. The monoisotopic (exact) mass is 302 g/mol. The molecule has 0 aliphatic heterocycles. The van der Waals surface area contributed by atoms with E-state index in [1.807, 2.05) is 30.5 Å². The number of hydrogen-bond acceptors (Lipinski definition) is 4. The number of methoxy groups -OCH3 is 1. The Morgan fingerprint density at radius 1 is 1.43 bits per heavy atom. The number of hydrogen-bond donors (Lipinski definition) is 1. The van der Waals surface area contributed by atoms with E-state index >= 15 is 0 Å². The molecule has 0 radical (unpaired) electrons. The average Bonchev–Trinajstić information content (AvgIpc) is 2.84. The first-order chi connectivity index (χ1) is 10.2. The van der Waals surface area contributed by atoms with Crippen LogP contribution in [0.3, 0.4) is 0 Å². The molecule has 2 aromatic rings. The Labute approximate surface area is 128 Å². The maximum absolute atomic E-state index is 11.9. The molecule has 0 unspecified atom stereocenters. The summed E-state index contributed by atoms with van der Waals surface area (Å²) < 4.78 is 5.39. The largest absolute Gasteiger partial charge is 0.496 e. The summed E-state index contributed by atoms with van der Waals surface area (Å²) >= 11 is 1.45.